The van der Waals surface area contributed by atoms with Crippen LogP contribution in [-0.2, 0) is 25.6 Å². The van der Waals surface area contributed by atoms with Gasteiger partial charge in [-0.1, -0.05) is 35.5 Å². The minimum Gasteiger partial charge on any atom is -0.465 e. The fourth-order valence-electron chi connectivity index (χ4n) is 4.76. The second-order valence-electron chi connectivity index (χ2n) is 9.34. The first-order valence-electron chi connectivity index (χ1n) is 12.9. The van der Waals surface area contributed by atoms with Crippen LogP contribution in [0.3, 0.4) is 0 Å². The summed E-state index contributed by atoms with van der Waals surface area (Å²) in [5.74, 6) is -2.31. The molecule has 206 valence electrons. The number of anilines is 1. The first-order valence-corrected chi connectivity index (χ1v) is 12.9. The number of hydrogen-bond acceptors (Lipinski definition) is 7. The van der Waals surface area contributed by atoms with E-state index in [9.17, 15) is 14.4 Å². The highest BCUT2D eigenvalue weighted by atomic mass is 19.1. The monoisotopic (exact) mass is 545 g/mol. The molecule has 11 heteroatoms. The van der Waals surface area contributed by atoms with E-state index in [2.05, 4.69) is 15.6 Å². The number of aromatic nitrogens is 3. The van der Waals surface area contributed by atoms with E-state index in [1.54, 1.807) is 24.3 Å². The molecule has 0 radical (unpaired) electrons. The maximum absolute atomic E-state index is 15.3. The van der Waals surface area contributed by atoms with Crippen molar-refractivity contribution in [2.75, 3.05) is 25.2 Å². The molecule has 5 rings (SSSR count). The number of nitrogens with zero attached hydrogens (tertiary/aromatic N) is 4. The summed E-state index contributed by atoms with van der Waals surface area (Å²) in [5.41, 5.74) is 1.78. The van der Waals surface area contributed by atoms with E-state index < -0.39 is 29.6 Å². The SMILES string of the molecule is COC(=O)c1ccc(N(C(=O)Cn2nnc3ccccc32)[C@H](C(=O)NC[C@@H]2CCCO2)c2ccccc2F)cc1. The summed E-state index contributed by atoms with van der Waals surface area (Å²) < 4.78 is 27.1. The molecule has 2 amide bonds. The number of nitrogens with one attached hydrogen (secondary N) is 1. The van der Waals surface area contributed by atoms with Crippen LogP contribution in [-0.4, -0.2) is 59.1 Å². The van der Waals surface area contributed by atoms with Gasteiger partial charge >= 0.3 is 5.97 Å². The lowest BCUT2D eigenvalue weighted by molar-refractivity contribution is -0.127. The molecule has 40 heavy (non-hydrogen) atoms. The maximum Gasteiger partial charge on any atom is 0.337 e. The number of benzene rings is 3. The Bertz CT molecular complexity index is 1520. The number of hydrogen-bond donors (Lipinski definition) is 1. The van der Waals surface area contributed by atoms with E-state index in [0.29, 0.717) is 17.6 Å². The Labute approximate surface area is 229 Å². The Balaban J connectivity index is 1.56. The molecule has 0 saturated carbocycles. The summed E-state index contributed by atoms with van der Waals surface area (Å²) in [6.07, 6.45) is 1.53. The van der Waals surface area contributed by atoms with Gasteiger partial charge in [0.1, 0.15) is 23.9 Å². The molecule has 10 nitrogen and oxygen atoms in total. The number of rotatable bonds is 9. The number of ether oxygens (including phenoxy) is 2. The van der Waals surface area contributed by atoms with E-state index in [4.69, 9.17) is 9.47 Å². The number of fused-ring (bicyclic) bond motifs is 1. The number of carbonyl (C=O) groups excluding carboxylic acids is 3. The number of carbonyl (C=O) groups is 3. The normalized spacial score (nSPS) is 15.5. The minimum absolute atomic E-state index is 0.0150. The topological polar surface area (TPSA) is 116 Å². The van der Waals surface area contributed by atoms with Crippen LogP contribution >= 0.6 is 0 Å². The van der Waals surface area contributed by atoms with Crippen LogP contribution in [0, 0.1) is 5.82 Å². The summed E-state index contributed by atoms with van der Waals surface area (Å²) in [5, 5.41) is 11.1. The van der Waals surface area contributed by atoms with Crippen molar-refractivity contribution in [1.29, 1.82) is 0 Å². The van der Waals surface area contributed by atoms with Gasteiger partial charge in [0, 0.05) is 24.4 Å². The van der Waals surface area contributed by atoms with Crippen LogP contribution in [0.1, 0.15) is 34.8 Å². The predicted octanol–water partition coefficient (Wildman–Crippen LogP) is 3.43. The molecule has 0 aliphatic carbocycles. The van der Waals surface area contributed by atoms with Gasteiger partial charge in [0.15, 0.2) is 0 Å². The Kier molecular flexibility index (Phi) is 8.11. The third-order valence-corrected chi connectivity index (χ3v) is 6.77. The average molecular weight is 546 g/mol. The van der Waals surface area contributed by atoms with Crippen molar-refractivity contribution in [1.82, 2.24) is 20.3 Å². The summed E-state index contributed by atoms with van der Waals surface area (Å²) in [7, 11) is 1.27. The van der Waals surface area contributed by atoms with Gasteiger partial charge in [-0.05, 0) is 55.3 Å². The molecule has 1 saturated heterocycles. The molecule has 1 aliphatic rings. The van der Waals surface area contributed by atoms with E-state index in [-0.39, 0.29) is 36.0 Å². The lowest BCUT2D eigenvalue weighted by Gasteiger charge is -2.32. The predicted molar refractivity (Wildman–Crippen MR) is 144 cm³/mol. The van der Waals surface area contributed by atoms with Gasteiger partial charge in [-0.3, -0.25) is 14.5 Å². The van der Waals surface area contributed by atoms with Crippen molar-refractivity contribution in [3.05, 3.63) is 89.7 Å². The molecule has 1 fully saturated rings. The van der Waals surface area contributed by atoms with Gasteiger partial charge < -0.3 is 14.8 Å². The highest BCUT2D eigenvalue weighted by molar-refractivity contribution is 6.02. The zero-order chi connectivity index (χ0) is 28.1. The molecule has 0 unspecified atom stereocenters. The van der Waals surface area contributed by atoms with E-state index in [1.165, 1.54) is 59.2 Å². The number of esters is 1. The van der Waals surface area contributed by atoms with Crippen molar-refractivity contribution >= 4 is 34.5 Å². The van der Waals surface area contributed by atoms with Crippen LogP contribution in [0.2, 0.25) is 0 Å². The molecule has 4 aromatic rings. The van der Waals surface area contributed by atoms with E-state index in [1.807, 2.05) is 6.07 Å². The third kappa shape index (κ3) is 5.69. The van der Waals surface area contributed by atoms with Crippen LogP contribution < -0.4 is 10.2 Å². The van der Waals surface area contributed by atoms with Gasteiger partial charge in [-0.2, -0.15) is 0 Å². The molecule has 2 heterocycles. The van der Waals surface area contributed by atoms with Crippen LogP contribution in [0.4, 0.5) is 10.1 Å². The number of halogens is 1. The molecule has 0 bridgehead atoms. The van der Waals surface area contributed by atoms with Crippen molar-refractivity contribution in [2.24, 2.45) is 0 Å². The molecule has 2 atom stereocenters. The van der Waals surface area contributed by atoms with Crippen molar-refractivity contribution in [3.63, 3.8) is 0 Å². The minimum atomic E-state index is -1.37. The third-order valence-electron chi connectivity index (χ3n) is 6.77. The number of methoxy groups -OCH3 is 1. The second-order valence-corrected chi connectivity index (χ2v) is 9.34. The number of para-hydroxylation sites is 1. The van der Waals surface area contributed by atoms with Crippen LogP contribution in [0.25, 0.3) is 11.0 Å². The van der Waals surface area contributed by atoms with Gasteiger partial charge in [-0.25, -0.2) is 13.9 Å². The quantitative estimate of drug-likeness (QED) is 0.321. The van der Waals surface area contributed by atoms with Gasteiger partial charge in [0.05, 0.1) is 24.3 Å². The Morgan fingerprint density at radius 1 is 1.10 bits per heavy atom. The highest BCUT2D eigenvalue weighted by Gasteiger charge is 2.35. The first kappa shape index (κ1) is 26.9. The van der Waals surface area contributed by atoms with Crippen molar-refractivity contribution in [3.8, 4) is 0 Å². The maximum atomic E-state index is 15.3. The molecule has 0 spiro atoms. The van der Waals surface area contributed by atoms with Crippen molar-refractivity contribution in [2.45, 2.75) is 31.5 Å². The van der Waals surface area contributed by atoms with Gasteiger partial charge in [-0.15, -0.1) is 5.10 Å². The van der Waals surface area contributed by atoms with Crippen molar-refractivity contribution < 1.29 is 28.2 Å². The van der Waals surface area contributed by atoms with Crippen LogP contribution in [0.15, 0.2) is 72.8 Å². The average Bonchev–Trinajstić information content (AvgIpc) is 3.65. The largest absolute Gasteiger partial charge is 0.465 e. The lowest BCUT2D eigenvalue weighted by Crippen LogP contribution is -2.47. The molecular formula is C29H28FN5O5. The zero-order valence-corrected chi connectivity index (χ0v) is 21.8. The standard InChI is InChI=1S/C29H28FN5O5/c1-39-29(38)19-12-14-20(15-13-19)35(26(36)18-34-25-11-5-4-10-24(25)32-33-34)27(22-8-2-3-9-23(22)30)28(37)31-17-21-7-6-16-40-21/h2-5,8-15,21,27H,6-7,16-18H2,1H3,(H,31,37)/t21-,27-/m0/s1. The molecule has 1 N–H and O–H groups in total. The smallest absolute Gasteiger partial charge is 0.337 e. The van der Waals surface area contributed by atoms with Gasteiger partial charge in [0.2, 0.25) is 11.8 Å². The molecule has 1 aromatic heterocycles. The first-order chi connectivity index (χ1) is 19.5. The Morgan fingerprint density at radius 3 is 2.58 bits per heavy atom. The number of amides is 2. The summed E-state index contributed by atoms with van der Waals surface area (Å²) in [4.78, 5) is 41.1. The lowest BCUT2D eigenvalue weighted by atomic mass is 10.0. The fraction of sp³-hybridized carbons (Fsp3) is 0.276. The Morgan fingerprint density at radius 2 is 1.85 bits per heavy atom. The molecule has 3 aromatic carbocycles. The van der Waals surface area contributed by atoms with Gasteiger partial charge in [0.25, 0.3) is 0 Å². The van der Waals surface area contributed by atoms with Crippen LogP contribution in [0.5, 0.6) is 0 Å². The van der Waals surface area contributed by atoms with E-state index in [0.717, 1.165) is 12.8 Å². The second kappa shape index (κ2) is 12.0. The summed E-state index contributed by atoms with van der Waals surface area (Å²) in [6, 6.07) is 17.6. The zero-order valence-electron chi connectivity index (χ0n) is 21.8. The molecular weight excluding hydrogens is 517 g/mol. The highest BCUT2D eigenvalue weighted by Crippen LogP contribution is 2.31. The van der Waals surface area contributed by atoms with E-state index >= 15 is 4.39 Å². The summed E-state index contributed by atoms with van der Waals surface area (Å²) >= 11 is 0. The fourth-order valence-corrected chi connectivity index (χ4v) is 4.76. The summed E-state index contributed by atoms with van der Waals surface area (Å²) in [6.45, 7) is 0.560. The Hall–Kier alpha value is -4.64. The molecule has 1 aliphatic heterocycles.